The van der Waals surface area contributed by atoms with E-state index in [1.54, 1.807) is 0 Å². The van der Waals surface area contributed by atoms with E-state index in [2.05, 4.69) is 38.3 Å². The summed E-state index contributed by atoms with van der Waals surface area (Å²) < 4.78 is 0. The minimum absolute atomic E-state index is 0.0836. The van der Waals surface area contributed by atoms with Crippen LogP contribution in [0.5, 0.6) is 0 Å². The van der Waals surface area contributed by atoms with Gasteiger partial charge in [-0.15, -0.1) is 0 Å². The molecule has 1 aliphatic rings. The van der Waals surface area contributed by atoms with Gasteiger partial charge < -0.3 is 10.6 Å². The summed E-state index contributed by atoms with van der Waals surface area (Å²) in [5.74, 6) is 0.740. The Morgan fingerprint density at radius 3 is 2.67 bits per heavy atom. The highest BCUT2D eigenvalue weighted by Gasteiger charge is 2.24. The molecule has 0 aromatic heterocycles. The zero-order chi connectivity index (χ0) is 11.5. The quantitative estimate of drug-likeness (QED) is 0.729. The standard InChI is InChI=1S/C12H24N2O/c1-9-8-13-6-5-10(9)14-11(15)7-12(2,3)4/h9-10,13H,5-8H2,1-4H3,(H,14,15). The normalized spacial score (nSPS) is 27.5. The Morgan fingerprint density at radius 1 is 1.47 bits per heavy atom. The highest BCUT2D eigenvalue weighted by Crippen LogP contribution is 2.19. The zero-order valence-corrected chi connectivity index (χ0v) is 10.4. The van der Waals surface area contributed by atoms with E-state index in [4.69, 9.17) is 0 Å². The fourth-order valence-electron chi connectivity index (χ4n) is 1.97. The first-order valence-corrected chi connectivity index (χ1v) is 5.88. The predicted octanol–water partition coefficient (Wildman–Crippen LogP) is 1.54. The van der Waals surface area contributed by atoms with Crippen LogP contribution in [0.3, 0.4) is 0 Å². The van der Waals surface area contributed by atoms with Crippen LogP contribution in [0, 0.1) is 11.3 Å². The van der Waals surface area contributed by atoms with Crippen molar-refractivity contribution in [1.82, 2.24) is 10.6 Å². The van der Waals surface area contributed by atoms with Crippen LogP contribution in [0.25, 0.3) is 0 Å². The molecule has 3 heteroatoms. The number of carbonyl (C=O) groups is 1. The Balaban J connectivity index is 2.36. The topological polar surface area (TPSA) is 41.1 Å². The van der Waals surface area contributed by atoms with Gasteiger partial charge in [-0.05, 0) is 30.8 Å². The molecule has 2 N–H and O–H groups in total. The van der Waals surface area contributed by atoms with Crippen LogP contribution in [-0.2, 0) is 4.79 Å². The van der Waals surface area contributed by atoms with Gasteiger partial charge in [-0.1, -0.05) is 27.7 Å². The first kappa shape index (κ1) is 12.5. The second-order valence-electron chi connectivity index (χ2n) is 5.88. The van der Waals surface area contributed by atoms with Gasteiger partial charge in [0.05, 0.1) is 0 Å². The molecular formula is C12H24N2O. The molecule has 2 unspecified atom stereocenters. The average molecular weight is 212 g/mol. The molecule has 88 valence electrons. The smallest absolute Gasteiger partial charge is 0.220 e. The molecule has 3 nitrogen and oxygen atoms in total. The second-order valence-corrected chi connectivity index (χ2v) is 5.88. The number of rotatable bonds is 2. The summed E-state index contributed by atoms with van der Waals surface area (Å²) in [6, 6.07) is 0.362. The number of nitrogens with one attached hydrogen (secondary N) is 2. The summed E-state index contributed by atoms with van der Waals surface area (Å²) in [6.07, 6.45) is 1.67. The van der Waals surface area contributed by atoms with Gasteiger partial charge in [0.25, 0.3) is 0 Å². The Labute approximate surface area is 93.0 Å². The molecule has 1 rings (SSSR count). The zero-order valence-electron chi connectivity index (χ0n) is 10.4. The third kappa shape index (κ3) is 4.65. The molecule has 1 saturated heterocycles. The van der Waals surface area contributed by atoms with E-state index < -0.39 is 0 Å². The molecule has 15 heavy (non-hydrogen) atoms. The lowest BCUT2D eigenvalue weighted by Gasteiger charge is -2.31. The summed E-state index contributed by atoms with van der Waals surface area (Å²) in [6.45, 7) is 10.5. The predicted molar refractivity (Wildman–Crippen MR) is 62.7 cm³/mol. The number of piperidine rings is 1. The minimum Gasteiger partial charge on any atom is -0.353 e. The minimum atomic E-state index is 0.0836. The average Bonchev–Trinajstić information content (AvgIpc) is 2.05. The summed E-state index contributed by atoms with van der Waals surface area (Å²) in [5.41, 5.74) is 0.0836. The molecule has 1 fully saturated rings. The Morgan fingerprint density at radius 2 is 2.13 bits per heavy atom. The highest BCUT2D eigenvalue weighted by atomic mass is 16.1. The largest absolute Gasteiger partial charge is 0.353 e. The second kappa shape index (κ2) is 4.97. The summed E-state index contributed by atoms with van der Waals surface area (Å²) in [4.78, 5) is 11.7. The van der Waals surface area contributed by atoms with Crippen molar-refractivity contribution in [3.05, 3.63) is 0 Å². The lowest BCUT2D eigenvalue weighted by atomic mass is 9.90. The lowest BCUT2D eigenvalue weighted by molar-refractivity contribution is -0.124. The van der Waals surface area contributed by atoms with Crippen LogP contribution in [-0.4, -0.2) is 25.0 Å². The molecular weight excluding hydrogens is 188 g/mol. The van der Waals surface area contributed by atoms with E-state index >= 15 is 0 Å². The molecule has 1 heterocycles. The first-order valence-electron chi connectivity index (χ1n) is 5.88. The van der Waals surface area contributed by atoms with E-state index in [1.165, 1.54) is 0 Å². The molecule has 0 saturated carbocycles. The van der Waals surface area contributed by atoms with Crippen LogP contribution >= 0.6 is 0 Å². The first-order chi connectivity index (χ1) is 6.88. The molecule has 0 aromatic rings. The maximum absolute atomic E-state index is 11.7. The fraction of sp³-hybridized carbons (Fsp3) is 0.917. The van der Waals surface area contributed by atoms with Crippen LogP contribution in [0.2, 0.25) is 0 Å². The Bertz CT molecular complexity index is 220. The fourth-order valence-corrected chi connectivity index (χ4v) is 1.97. The van der Waals surface area contributed by atoms with Gasteiger partial charge in [0.15, 0.2) is 0 Å². The van der Waals surface area contributed by atoms with E-state index in [1.807, 2.05) is 0 Å². The maximum atomic E-state index is 11.7. The van der Waals surface area contributed by atoms with Crippen molar-refractivity contribution in [2.24, 2.45) is 11.3 Å². The third-order valence-corrected chi connectivity index (χ3v) is 2.82. The van der Waals surface area contributed by atoms with Crippen LogP contribution in [0.1, 0.15) is 40.5 Å². The molecule has 0 bridgehead atoms. The molecule has 0 aliphatic carbocycles. The van der Waals surface area contributed by atoms with Gasteiger partial charge in [-0.3, -0.25) is 4.79 Å². The van der Waals surface area contributed by atoms with Crippen LogP contribution in [0.15, 0.2) is 0 Å². The number of amides is 1. The summed E-state index contributed by atoms with van der Waals surface area (Å²) >= 11 is 0. The molecule has 0 spiro atoms. The molecule has 2 atom stereocenters. The number of hydrogen-bond donors (Lipinski definition) is 2. The number of carbonyl (C=O) groups excluding carboxylic acids is 1. The SMILES string of the molecule is CC1CNCCC1NC(=O)CC(C)(C)C. The van der Waals surface area contributed by atoms with Crippen molar-refractivity contribution in [3.8, 4) is 0 Å². The Hall–Kier alpha value is -0.570. The van der Waals surface area contributed by atoms with Crippen molar-refractivity contribution < 1.29 is 4.79 Å². The maximum Gasteiger partial charge on any atom is 0.220 e. The van der Waals surface area contributed by atoms with Gasteiger partial charge in [-0.2, -0.15) is 0 Å². The van der Waals surface area contributed by atoms with E-state index in [-0.39, 0.29) is 11.3 Å². The molecule has 0 radical (unpaired) electrons. The van der Waals surface area contributed by atoms with E-state index in [0.29, 0.717) is 18.4 Å². The van der Waals surface area contributed by atoms with Gasteiger partial charge in [0, 0.05) is 12.5 Å². The molecule has 0 aromatic carbocycles. The van der Waals surface area contributed by atoms with Gasteiger partial charge in [0.2, 0.25) is 5.91 Å². The lowest BCUT2D eigenvalue weighted by Crippen LogP contribution is -2.48. The van der Waals surface area contributed by atoms with Crippen molar-refractivity contribution in [1.29, 1.82) is 0 Å². The van der Waals surface area contributed by atoms with Gasteiger partial charge in [-0.25, -0.2) is 0 Å². The van der Waals surface area contributed by atoms with Crippen molar-refractivity contribution in [2.45, 2.75) is 46.6 Å². The third-order valence-electron chi connectivity index (χ3n) is 2.82. The van der Waals surface area contributed by atoms with Crippen molar-refractivity contribution >= 4 is 5.91 Å². The Kier molecular flexibility index (Phi) is 4.14. The van der Waals surface area contributed by atoms with Gasteiger partial charge in [0.1, 0.15) is 0 Å². The monoisotopic (exact) mass is 212 g/mol. The summed E-state index contributed by atoms with van der Waals surface area (Å²) in [7, 11) is 0. The highest BCUT2D eigenvalue weighted by molar-refractivity contribution is 5.76. The molecule has 1 amide bonds. The molecule has 1 aliphatic heterocycles. The van der Waals surface area contributed by atoms with E-state index in [0.717, 1.165) is 19.5 Å². The van der Waals surface area contributed by atoms with E-state index in [9.17, 15) is 4.79 Å². The van der Waals surface area contributed by atoms with Crippen LogP contribution < -0.4 is 10.6 Å². The van der Waals surface area contributed by atoms with Crippen molar-refractivity contribution in [3.63, 3.8) is 0 Å². The number of hydrogen-bond acceptors (Lipinski definition) is 2. The van der Waals surface area contributed by atoms with Gasteiger partial charge >= 0.3 is 0 Å². The van der Waals surface area contributed by atoms with Crippen LogP contribution in [0.4, 0.5) is 0 Å². The summed E-state index contributed by atoms with van der Waals surface area (Å²) in [5, 5.41) is 6.48. The van der Waals surface area contributed by atoms with Crippen molar-refractivity contribution in [2.75, 3.05) is 13.1 Å².